The zero-order valence-corrected chi connectivity index (χ0v) is 19.9. The van der Waals surface area contributed by atoms with E-state index in [1.807, 2.05) is 30.3 Å². The van der Waals surface area contributed by atoms with Crippen LogP contribution >= 0.6 is 12.6 Å². The lowest BCUT2D eigenvalue weighted by molar-refractivity contribution is -0.148. The van der Waals surface area contributed by atoms with Crippen molar-refractivity contribution in [3.05, 3.63) is 78.1 Å². The summed E-state index contributed by atoms with van der Waals surface area (Å²) < 4.78 is 30.2. The zero-order valence-electron chi connectivity index (χ0n) is 19.0. The summed E-state index contributed by atoms with van der Waals surface area (Å²) in [7, 11) is 0. The molecule has 0 radical (unpaired) electrons. The Balaban J connectivity index is 2.18. The fourth-order valence-electron chi connectivity index (χ4n) is 2.95. The van der Waals surface area contributed by atoms with Crippen LogP contribution in [0.5, 0.6) is 5.75 Å². The molecule has 2 unspecified atom stereocenters. The molecule has 2 atom stereocenters. The minimum absolute atomic E-state index is 0.198. The van der Waals surface area contributed by atoms with Crippen LogP contribution in [0, 0.1) is 5.82 Å². The van der Waals surface area contributed by atoms with Crippen molar-refractivity contribution < 1.29 is 28.2 Å². The zero-order chi connectivity index (χ0) is 24.4. The number of thiol groups is 1. The van der Waals surface area contributed by atoms with E-state index in [-0.39, 0.29) is 19.6 Å². The van der Waals surface area contributed by atoms with Gasteiger partial charge in [-0.15, -0.1) is 0 Å². The van der Waals surface area contributed by atoms with Gasteiger partial charge in [-0.05, 0) is 38.0 Å². The normalized spacial score (nSPS) is 12.9. The number of rotatable bonds is 10. The molecular formula is C25H30FNO5S. The minimum Gasteiger partial charge on any atom is -0.489 e. The van der Waals surface area contributed by atoms with E-state index < -0.39 is 34.8 Å². The van der Waals surface area contributed by atoms with E-state index in [0.717, 1.165) is 5.56 Å². The molecule has 2 aromatic rings. The highest BCUT2D eigenvalue weighted by molar-refractivity contribution is 7.80. The molecule has 8 heteroatoms. The Labute approximate surface area is 199 Å². The largest absolute Gasteiger partial charge is 0.489 e. The summed E-state index contributed by atoms with van der Waals surface area (Å²) in [5.41, 5.74) is 0.797. The highest BCUT2D eigenvalue weighted by Gasteiger charge is 2.26. The molecule has 6 nitrogen and oxygen atoms in total. The number of carbonyl (C=O) groups excluding carboxylic acids is 2. The smallest absolute Gasteiger partial charge is 0.408 e. The quantitative estimate of drug-likeness (QED) is 0.286. The first-order valence-corrected chi connectivity index (χ1v) is 11.0. The van der Waals surface area contributed by atoms with Gasteiger partial charge in [0.1, 0.15) is 36.4 Å². The summed E-state index contributed by atoms with van der Waals surface area (Å²) in [6, 6.07) is 13.5. The third kappa shape index (κ3) is 9.18. The molecule has 0 spiro atoms. The minimum atomic E-state index is -0.722. The molecule has 0 saturated heterocycles. The molecule has 0 saturated carbocycles. The predicted octanol–water partition coefficient (Wildman–Crippen LogP) is 5.04. The molecule has 2 aromatic carbocycles. The van der Waals surface area contributed by atoms with Crippen molar-refractivity contribution in [2.75, 3.05) is 13.2 Å². The number of esters is 1. The van der Waals surface area contributed by atoms with Crippen molar-refractivity contribution in [2.45, 2.75) is 44.1 Å². The molecular weight excluding hydrogens is 445 g/mol. The Morgan fingerprint density at radius 2 is 1.88 bits per heavy atom. The van der Waals surface area contributed by atoms with Crippen LogP contribution in [0.25, 0.3) is 0 Å². The summed E-state index contributed by atoms with van der Waals surface area (Å²) in [4.78, 5) is 24.4. The van der Waals surface area contributed by atoms with Gasteiger partial charge >= 0.3 is 12.1 Å². The predicted molar refractivity (Wildman–Crippen MR) is 128 cm³/mol. The standard InChI is InChI=1S/C25H30FNO5S/c1-5-13-30-20-15-19(26)12-11-18(20)14-21(23(33)17-9-7-6-8-10-17)31-22(28)16-27-24(29)32-25(2,3)4/h5-12,15,21,23,33H,1,13-14,16H2,2-4H3,(H,27,29). The van der Waals surface area contributed by atoms with E-state index in [9.17, 15) is 14.0 Å². The fraction of sp³-hybridized carbons (Fsp3) is 0.360. The van der Waals surface area contributed by atoms with Crippen molar-refractivity contribution in [2.24, 2.45) is 0 Å². The number of hydrogen-bond acceptors (Lipinski definition) is 6. The van der Waals surface area contributed by atoms with Crippen LogP contribution in [0.2, 0.25) is 0 Å². The van der Waals surface area contributed by atoms with E-state index in [4.69, 9.17) is 14.2 Å². The number of benzene rings is 2. The number of nitrogens with one attached hydrogen (secondary N) is 1. The van der Waals surface area contributed by atoms with Crippen molar-refractivity contribution >= 4 is 24.7 Å². The first-order chi connectivity index (χ1) is 15.6. The summed E-state index contributed by atoms with van der Waals surface area (Å²) in [5.74, 6) is -0.772. The number of alkyl carbamates (subject to hydrolysis) is 1. The lowest BCUT2D eigenvalue weighted by atomic mass is 9.99. The molecule has 0 aliphatic heterocycles. The van der Waals surface area contributed by atoms with Crippen LogP contribution in [-0.4, -0.2) is 36.9 Å². The Hall–Kier alpha value is -3.00. The van der Waals surface area contributed by atoms with Gasteiger partial charge in [-0.1, -0.05) is 49.1 Å². The lowest BCUT2D eigenvalue weighted by Gasteiger charge is -2.25. The average molecular weight is 476 g/mol. The molecule has 0 bridgehead atoms. The first kappa shape index (κ1) is 26.3. The molecule has 0 heterocycles. The second-order valence-corrected chi connectivity index (χ2v) is 8.85. The van der Waals surface area contributed by atoms with Crippen LogP contribution in [0.1, 0.15) is 37.1 Å². The van der Waals surface area contributed by atoms with Crippen molar-refractivity contribution in [1.82, 2.24) is 5.32 Å². The Bertz CT molecular complexity index is 946. The van der Waals surface area contributed by atoms with Gasteiger partial charge < -0.3 is 19.5 Å². The Morgan fingerprint density at radius 3 is 2.52 bits per heavy atom. The van der Waals surface area contributed by atoms with E-state index in [2.05, 4.69) is 24.5 Å². The number of amides is 1. The number of carbonyl (C=O) groups is 2. The van der Waals surface area contributed by atoms with Crippen molar-refractivity contribution in [3.63, 3.8) is 0 Å². The van der Waals surface area contributed by atoms with Gasteiger partial charge in [0.15, 0.2) is 0 Å². The van der Waals surface area contributed by atoms with Gasteiger partial charge in [-0.2, -0.15) is 12.6 Å². The summed E-state index contributed by atoms with van der Waals surface area (Å²) in [6.45, 7) is 8.60. The van der Waals surface area contributed by atoms with E-state index in [1.54, 1.807) is 32.9 Å². The van der Waals surface area contributed by atoms with Gasteiger partial charge in [-0.25, -0.2) is 9.18 Å². The molecule has 0 aliphatic carbocycles. The molecule has 0 aliphatic rings. The number of ether oxygens (including phenoxy) is 3. The third-order valence-corrected chi connectivity index (χ3v) is 4.99. The second-order valence-electron chi connectivity index (χ2n) is 8.30. The molecule has 1 N–H and O–H groups in total. The van der Waals surface area contributed by atoms with Crippen LogP contribution < -0.4 is 10.1 Å². The number of halogens is 1. The van der Waals surface area contributed by atoms with Crippen LogP contribution in [0.4, 0.5) is 9.18 Å². The highest BCUT2D eigenvalue weighted by atomic mass is 32.1. The third-order valence-electron chi connectivity index (χ3n) is 4.36. The number of hydrogen-bond donors (Lipinski definition) is 2. The van der Waals surface area contributed by atoms with Gasteiger partial charge in [0.25, 0.3) is 0 Å². The second kappa shape index (κ2) is 12.3. The van der Waals surface area contributed by atoms with Crippen LogP contribution in [-0.2, 0) is 20.7 Å². The molecule has 2 rings (SSSR count). The van der Waals surface area contributed by atoms with Gasteiger partial charge in [0.2, 0.25) is 0 Å². The summed E-state index contributed by atoms with van der Waals surface area (Å²) >= 11 is 4.69. The monoisotopic (exact) mass is 475 g/mol. The molecule has 0 aromatic heterocycles. The maximum absolute atomic E-state index is 13.8. The van der Waals surface area contributed by atoms with Gasteiger partial charge in [-0.3, -0.25) is 4.79 Å². The lowest BCUT2D eigenvalue weighted by Crippen LogP contribution is -2.37. The van der Waals surface area contributed by atoms with Gasteiger partial charge in [0, 0.05) is 12.5 Å². The Morgan fingerprint density at radius 1 is 1.18 bits per heavy atom. The van der Waals surface area contributed by atoms with Crippen molar-refractivity contribution in [3.8, 4) is 5.75 Å². The summed E-state index contributed by atoms with van der Waals surface area (Å²) in [6.07, 6.45) is 0.328. The fourth-order valence-corrected chi connectivity index (χ4v) is 3.29. The maximum atomic E-state index is 13.8. The SMILES string of the molecule is C=CCOc1cc(F)ccc1CC(OC(=O)CNC(=O)OC(C)(C)C)C(S)c1ccccc1. The Kier molecular flexibility index (Phi) is 9.78. The molecule has 1 amide bonds. The highest BCUT2D eigenvalue weighted by Crippen LogP contribution is 2.31. The first-order valence-electron chi connectivity index (χ1n) is 10.5. The molecule has 33 heavy (non-hydrogen) atoms. The van der Waals surface area contributed by atoms with E-state index in [0.29, 0.717) is 11.3 Å². The maximum Gasteiger partial charge on any atom is 0.408 e. The summed E-state index contributed by atoms with van der Waals surface area (Å²) in [5, 5.41) is 1.91. The van der Waals surface area contributed by atoms with E-state index in [1.165, 1.54) is 12.1 Å². The topological polar surface area (TPSA) is 73.9 Å². The van der Waals surface area contributed by atoms with Crippen LogP contribution in [0.15, 0.2) is 61.2 Å². The van der Waals surface area contributed by atoms with E-state index >= 15 is 0 Å². The average Bonchev–Trinajstić information content (AvgIpc) is 2.76. The van der Waals surface area contributed by atoms with Crippen molar-refractivity contribution in [1.29, 1.82) is 0 Å². The van der Waals surface area contributed by atoms with Crippen LogP contribution in [0.3, 0.4) is 0 Å². The van der Waals surface area contributed by atoms with Gasteiger partial charge in [0.05, 0.1) is 5.25 Å². The molecule has 178 valence electrons. The molecule has 0 fully saturated rings.